The summed E-state index contributed by atoms with van der Waals surface area (Å²) in [5, 5.41) is 3.29. The van der Waals surface area contributed by atoms with Crippen LogP contribution in [0.15, 0.2) is 18.2 Å². The van der Waals surface area contributed by atoms with Crippen molar-refractivity contribution in [3.63, 3.8) is 0 Å². The van der Waals surface area contributed by atoms with Gasteiger partial charge in [0, 0.05) is 5.69 Å². The third kappa shape index (κ3) is 1.77. The van der Waals surface area contributed by atoms with Gasteiger partial charge >= 0.3 is 5.97 Å². The minimum atomic E-state index is -0.588. The molecule has 1 unspecified atom stereocenters. The number of aryl methyl sites for hydroxylation is 2. The quantitative estimate of drug-likeness (QED) is 0.736. The van der Waals surface area contributed by atoms with E-state index in [1.807, 2.05) is 13.8 Å². The van der Waals surface area contributed by atoms with Crippen LogP contribution in [0.1, 0.15) is 24.5 Å². The smallest absolute Gasteiger partial charge is 0.331 e. The highest BCUT2D eigenvalue weighted by atomic mass is 16.5. The summed E-state index contributed by atoms with van der Waals surface area (Å²) in [7, 11) is 1.43. The van der Waals surface area contributed by atoms with Gasteiger partial charge in [-0.3, -0.25) is 0 Å². The van der Waals surface area contributed by atoms with Gasteiger partial charge < -0.3 is 10.1 Å². The molecule has 0 radical (unpaired) electrons. The van der Waals surface area contributed by atoms with Crippen molar-refractivity contribution in [2.75, 3.05) is 12.4 Å². The lowest BCUT2D eigenvalue weighted by molar-refractivity contribution is -0.145. The SMILES string of the molecule is COC(=O)C1(C)CCc2ccc(C)cc2N1. The first-order chi connectivity index (χ1) is 7.55. The van der Waals surface area contributed by atoms with Gasteiger partial charge in [0.1, 0.15) is 5.54 Å². The maximum atomic E-state index is 11.7. The zero-order valence-corrected chi connectivity index (χ0v) is 9.96. The molecule has 0 bridgehead atoms. The van der Waals surface area contributed by atoms with Gasteiger partial charge in [-0.15, -0.1) is 0 Å². The van der Waals surface area contributed by atoms with Crippen LogP contribution in [0.2, 0.25) is 0 Å². The Labute approximate surface area is 95.8 Å². The molecular formula is C13H17NO2. The van der Waals surface area contributed by atoms with E-state index in [2.05, 4.69) is 23.5 Å². The molecule has 1 heterocycles. The molecule has 0 fully saturated rings. The summed E-state index contributed by atoms with van der Waals surface area (Å²) in [5.74, 6) is -0.195. The van der Waals surface area contributed by atoms with E-state index >= 15 is 0 Å². The molecule has 0 amide bonds. The molecule has 1 aromatic carbocycles. The van der Waals surface area contributed by atoms with Crippen LogP contribution in [0.25, 0.3) is 0 Å². The number of rotatable bonds is 1. The second-order valence-electron chi connectivity index (χ2n) is 4.61. The highest BCUT2D eigenvalue weighted by Crippen LogP contribution is 2.31. The summed E-state index contributed by atoms with van der Waals surface area (Å²) in [6.07, 6.45) is 1.68. The predicted octanol–water partition coefficient (Wildman–Crippen LogP) is 2.28. The van der Waals surface area contributed by atoms with Gasteiger partial charge in [0.15, 0.2) is 0 Å². The minimum absolute atomic E-state index is 0.195. The standard InChI is InChI=1S/C13H17NO2/c1-9-4-5-10-6-7-13(2,12(15)16-3)14-11(10)8-9/h4-5,8,14H,6-7H2,1-3H3. The number of nitrogens with one attached hydrogen (secondary N) is 1. The van der Waals surface area contributed by atoms with Gasteiger partial charge in [-0.25, -0.2) is 4.79 Å². The van der Waals surface area contributed by atoms with Crippen molar-refractivity contribution in [1.29, 1.82) is 0 Å². The molecule has 1 atom stereocenters. The van der Waals surface area contributed by atoms with E-state index in [0.29, 0.717) is 0 Å². The zero-order valence-electron chi connectivity index (χ0n) is 9.96. The van der Waals surface area contributed by atoms with E-state index in [1.165, 1.54) is 18.2 Å². The normalized spacial score (nSPS) is 23.2. The van der Waals surface area contributed by atoms with Crippen LogP contribution in [0.3, 0.4) is 0 Å². The Hall–Kier alpha value is -1.51. The molecule has 0 saturated carbocycles. The Morgan fingerprint density at radius 1 is 1.50 bits per heavy atom. The largest absolute Gasteiger partial charge is 0.467 e. The fourth-order valence-corrected chi connectivity index (χ4v) is 2.15. The lowest BCUT2D eigenvalue weighted by Crippen LogP contribution is -2.47. The molecule has 0 aliphatic carbocycles. The molecule has 2 rings (SSSR count). The van der Waals surface area contributed by atoms with E-state index in [9.17, 15) is 4.79 Å². The number of ether oxygens (including phenoxy) is 1. The number of esters is 1. The molecule has 1 aliphatic heterocycles. The predicted molar refractivity (Wildman–Crippen MR) is 63.5 cm³/mol. The molecule has 1 aliphatic rings. The van der Waals surface area contributed by atoms with Crippen molar-refractivity contribution < 1.29 is 9.53 Å². The van der Waals surface area contributed by atoms with Gasteiger partial charge in [0.25, 0.3) is 0 Å². The third-order valence-corrected chi connectivity index (χ3v) is 3.21. The monoisotopic (exact) mass is 219 g/mol. The molecule has 0 spiro atoms. The molecule has 3 nitrogen and oxygen atoms in total. The lowest BCUT2D eigenvalue weighted by Gasteiger charge is -2.34. The van der Waals surface area contributed by atoms with Crippen molar-refractivity contribution in [3.05, 3.63) is 29.3 Å². The second-order valence-corrected chi connectivity index (χ2v) is 4.61. The lowest BCUT2D eigenvalue weighted by atomic mass is 9.87. The number of methoxy groups -OCH3 is 1. The topological polar surface area (TPSA) is 38.3 Å². The summed E-state index contributed by atoms with van der Waals surface area (Å²) in [6.45, 7) is 3.94. The number of carbonyl (C=O) groups is 1. The Morgan fingerprint density at radius 2 is 2.25 bits per heavy atom. The summed E-state index contributed by atoms with van der Waals surface area (Å²) in [4.78, 5) is 11.7. The summed E-state index contributed by atoms with van der Waals surface area (Å²) < 4.78 is 4.84. The summed E-state index contributed by atoms with van der Waals surface area (Å²) in [5.41, 5.74) is 2.93. The van der Waals surface area contributed by atoms with Gasteiger partial charge in [-0.2, -0.15) is 0 Å². The van der Waals surface area contributed by atoms with Crippen LogP contribution in [-0.4, -0.2) is 18.6 Å². The number of hydrogen-bond donors (Lipinski definition) is 1. The first-order valence-electron chi connectivity index (χ1n) is 5.51. The Morgan fingerprint density at radius 3 is 2.94 bits per heavy atom. The average molecular weight is 219 g/mol. The Bertz CT molecular complexity index is 428. The number of fused-ring (bicyclic) bond motifs is 1. The highest BCUT2D eigenvalue weighted by molar-refractivity contribution is 5.85. The summed E-state index contributed by atoms with van der Waals surface area (Å²) in [6, 6.07) is 6.30. The van der Waals surface area contributed by atoms with Crippen LogP contribution in [0.4, 0.5) is 5.69 Å². The first-order valence-corrected chi connectivity index (χ1v) is 5.51. The van der Waals surface area contributed by atoms with E-state index in [-0.39, 0.29) is 5.97 Å². The molecule has 3 heteroatoms. The van der Waals surface area contributed by atoms with Crippen LogP contribution in [0, 0.1) is 6.92 Å². The van der Waals surface area contributed by atoms with Crippen molar-refractivity contribution >= 4 is 11.7 Å². The van der Waals surface area contributed by atoms with Gasteiger partial charge in [-0.1, -0.05) is 12.1 Å². The van der Waals surface area contributed by atoms with E-state index < -0.39 is 5.54 Å². The number of hydrogen-bond acceptors (Lipinski definition) is 3. The van der Waals surface area contributed by atoms with Crippen LogP contribution >= 0.6 is 0 Å². The molecule has 16 heavy (non-hydrogen) atoms. The maximum Gasteiger partial charge on any atom is 0.331 e. The Balaban J connectivity index is 2.32. The molecule has 1 N–H and O–H groups in total. The van der Waals surface area contributed by atoms with E-state index in [1.54, 1.807) is 0 Å². The molecular weight excluding hydrogens is 202 g/mol. The number of carbonyl (C=O) groups excluding carboxylic acids is 1. The van der Waals surface area contributed by atoms with Crippen LogP contribution in [0.5, 0.6) is 0 Å². The Kier molecular flexibility index (Phi) is 2.62. The molecule has 1 aromatic rings. The number of benzene rings is 1. The second kappa shape index (κ2) is 3.81. The van der Waals surface area contributed by atoms with Crippen molar-refractivity contribution in [1.82, 2.24) is 0 Å². The third-order valence-electron chi connectivity index (χ3n) is 3.21. The van der Waals surface area contributed by atoms with Crippen molar-refractivity contribution in [3.8, 4) is 0 Å². The van der Waals surface area contributed by atoms with Crippen LogP contribution < -0.4 is 5.32 Å². The first kappa shape index (κ1) is 11.0. The fourth-order valence-electron chi connectivity index (χ4n) is 2.15. The summed E-state index contributed by atoms with van der Waals surface area (Å²) >= 11 is 0. The van der Waals surface area contributed by atoms with Gasteiger partial charge in [0.05, 0.1) is 7.11 Å². The minimum Gasteiger partial charge on any atom is -0.467 e. The van der Waals surface area contributed by atoms with Gasteiger partial charge in [0.2, 0.25) is 0 Å². The van der Waals surface area contributed by atoms with Gasteiger partial charge in [-0.05, 0) is 43.9 Å². The fraction of sp³-hybridized carbons (Fsp3) is 0.462. The molecule has 86 valence electrons. The average Bonchev–Trinajstić information content (AvgIpc) is 2.27. The van der Waals surface area contributed by atoms with E-state index in [0.717, 1.165) is 18.5 Å². The maximum absolute atomic E-state index is 11.7. The van der Waals surface area contributed by atoms with Crippen molar-refractivity contribution in [2.24, 2.45) is 0 Å². The van der Waals surface area contributed by atoms with Crippen LogP contribution in [-0.2, 0) is 16.0 Å². The number of anilines is 1. The highest BCUT2D eigenvalue weighted by Gasteiger charge is 2.37. The van der Waals surface area contributed by atoms with Crippen molar-refractivity contribution in [2.45, 2.75) is 32.2 Å². The van der Waals surface area contributed by atoms with E-state index in [4.69, 9.17) is 4.74 Å². The zero-order chi connectivity index (χ0) is 11.8. The molecule has 0 aromatic heterocycles. The molecule has 0 saturated heterocycles.